The number of pyridine rings is 1. The number of nitrogens with zero attached hydrogens (tertiary/aromatic N) is 4. The molecule has 2 aliphatic heterocycles. The molecule has 0 aromatic carbocycles. The van der Waals surface area contributed by atoms with Crippen LogP contribution >= 0.6 is 0 Å². The van der Waals surface area contributed by atoms with E-state index in [-0.39, 0.29) is 23.7 Å². The zero-order valence-electron chi connectivity index (χ0n) is 17.1. The Balaban J connectivity index is 1.37. The van der Waals surface area contributed by atoms with Crippen molar-refractivity contribution in [1.82, 2.24) is 20.5 Å². The second-order valence-electron chi connectivity index (χ2n) is 7.78. The molecule has 2 unspecified atom stereocenters. The number of halogens is 1. The van der Waals surface area contributed by atoms with Crippen molar-refractivity contribution in [3.63, 3.8) is 0 Å². The van der Waals surface area contributed by atoms with Crippen LogP contribution in [0.25, 0.3) is 0 Å². The van der Waals surface area contributed by atoms with Crippen molar-refractivity contribution < 1.29 is 9.18 Å². The highest BCUT2D eigenvalue weighted by Gasteiger charge is 2.26. The number of primary amides is 1. The summed E-state index contributed by atoms with van der Waals surface area (Å²) in [7, 11) is 1.75. The van der Waals surface area contributed by atoms with Crippen LogP contribution in [0.4, 0.5) is 10.2 Å². The number of aliphatic imine (C=N–C) groups is 1. The molecule has 0 saturated carbocycles. The van der Waals surface area contributed by atoms with E-state index >= 15 is 0 Å². The molecule has 0 bridgehead atoms. The van der Waals surface area contributed by atoms with Crippen LogP contribution in [0.15, 0.2) is 23.3 Å². The van der Waals surface area contributed by atoms with Gasteiger partial charge in [0.15, 0.2) is 17.6 Å². The number of carbonyl (C=O) groups excluding carboxylic acids is 1. The summed E-state index contributed by atoms with van der Waals surface area (Å²) in [4.78, 5) is 24.1. The van der Waals surface area contributed by atoms with Gasteiger partial charge in [-0.15, -0.1) is 0 Å². The molecule has 1 amide bonds. The molecule has 2 saturated heterocycles. The molecular weight excluding hydrogens is 373 g/mol. The molecule has 29 heavy (non-hydrogen) atoms. The minimum absolute atomic E-state index is 0.0135. The number of anilines is 1. The third-order valence-corrected chi connectivity index (χ3v) is 5.64. The molecule has 0 radical (unpaired) electrons. The Morgan fingerprint density at radius 3 is 3.00 bits per heavy atom. The molecule has 160 valence electrons. The predicted molar refractivity (Wildman–Crippen MR) is 112 cm³/mol. The van der Waals surface area contributed by atoms with Crippen molar-refractivity contribution in [2.24, 2.45) is 16.6 Å². The second-order valence-corrected chi connectivity index (χ2v) is 7.78. The lowest BCUT2D eigenvalue weighted by molar-refractivity contribution is -0.123. The first-order chi connectivity index (χ1) is 14.1. The lowest BCUT2D eigenvalue weighted by Crippen LogP contribution is -2.46. The summed E-state index contributed by atoms with van der Waals surface area (Å²) < 4.78 is 13.9. The van der Waals surface area contributed by atoms with E-state index in [9.17, 15) is 9.18 Å². The van der Waals surface area contributed by atoms with Crippen LogP contribution < -0.4 is 21.3 Å². The summed E-state index contributed by atoms with van der Waals surface area (Å²) in [6.07, 6.45) is 5.41. The summed E-state index contributed by atoms with van der Waals surface area (Å²) >= 11 is 0. The molecule has 9 heteroatoms. The van der Waals surface area contributed by atoms with Gasteiger partial charge in [-0.2, -0.15) is 0 Å². The number of hydrogen-bond acceptors (Lipinski definition) is 5. The van der Waals surface area contributed by atoms with Crippen LogP contribution in [0, 0.1) is 11.7 Å². The number of rotatable bonds is 7. The van der Waals surface area contributed by atoms with Crippen LogP contribution in [0.3, 0.4) is 0 Å². The lowest BCUT2D eigenvalue weighted by atomic mass is 9.97. The molecular formula is C20H32FN7O. The van der Waals surface area contributed by atoms with Crippen LogP contribution in [-0.2, 0) is 4.79 Å². The first-order valence-electron chi connectivity index (χ1n) is 10.4. The number of aromatic nitrogens is 1. The third kappa shape index (κ3) is 6.03. The van der Waals surface area contributed by atoms with Crippen LogP contribution in [0.1, 0.15) is 25.7 Å². The van der Waals surface area contributed by atoms with Gasteiger partial charge in [-0.05, 0) is 50.9 Å². The van der Waals surface area contributed by atoms with E-state index in [1.165, 1.54) is 6.07 Å². The Morgan fingerprint density at radius 1 is 1.38 bits per heavy atom. The molecule has 3 heterocycles. The first-order valence-corrected chi connectivity index (χ1v) is 10.4. The summed E-state index contributed by atoms with van der Waals surface area (Å²) in [6.45, 7) is 4.98. The molecule has 0 aliphatic carbocycles. The molecule has 2 fully saturated rings. The molecule has 1 aromatic rings. The van der Waals surface area contributed by atoms with Gasteiger partial charge in [0.1, 0.15) is 0 Å². The van der Waals surface area contributed by atoms with Crippen molar-refractivity contribution >= 4 is 17.7 Å². The quantitative estimate of drug-likeness (QED) is 0.348. The Bertz CT molecular complexity index is 714. The van der Waals surface area contributed by atoms with E-state index < -0.39 is 0 Å². The Morgan fingerprint density at radius 2 is 2.24 bits per heavy atom. The smallest absolute Gasteiger partial charge is 0.221 e. The minimum Gasteiger partial charge on any atom is -0.369 e. The van der Waals surface area contributed by atoms with Crippen LogP contribution in [0.5, 0.6) is 0 Å². The summed E-state index contributed by atoms with van der Waals surface area (Å²) in [6, 6.07) is 3.24. The number of hydrogen-bond donors (Lipinski definition) is 3. The molecule has 2 aliphatic rings. The second kappa shape index (κ2) is 10.4. The van der Waals surface area contributed by atoms with E-state index in [0.29, 0.717) is 12.4 Å². The van der Waals surface area contributed by atoms with E-state index in [2.05, 4.69) is 25.5 Å². The average molecular weight is 406 g/mol. The highest BCUT2D eigenvalue weighted by molar-refractivity contribution is 5.80. The number of likely N-dealkylation sites (tertiary alicyclic amines) is 1. The Kier molecular flexibility index (Phi) is 7.62. The van der Waals surface area contributed by atoms with Gasteiger partial charge in [-0.25, -0.2) is 9.37 Å². The number of amides is 1. The average Bonchev–Trinajstić information content (AvgIpc) is 3.19. The van der Waals surface area contributed by atoms with Gasteiger partial charge in [0.25, 0.3) is 0 Å². The van der Waals surface area contributed by atoms with Gasteiger partial charge in [-0.1, -0.05) is 0 Å². The molecule has 3 rings (SSSR count). The first kappa shape index (κ1) is 21.3. The van der Waals surface area contributed by atoms with Gasteiger partial charge in [0.05, 0.1) is 5.92 Å². The molecule has 2 atom stereocenters. The normalized spacial score (nSPS) is 23.2. The monoisotopic (exact) mass is 405 g/mol. The predicted octanol–water partition coefficient (Wildman–Crippen LogP) is 0.552. The fraction of sp³-hybridized carbons (Fsp3) is 0.650. The van der Waals surface area contributed by atoms with Crippen LogP contribution in [0.2, 0.25) is 0 Å². The standard InChI is InChI=1S/C20H32FN7O/c1-23-20(25-9-4-11-27-10-3-5-15(13-27)18(22)29)26-16-7-12-28(14-16)19-17(21)6-2-8-24-19/h2,6,8,15-16H,3-5,7,9-14H2,1H3,(H2,22,29)(H2,23,25,26). The number of nitrogens with one attached hydrogen (secondary N) is 2. The number of nitrogens with two attached hydrogens (primary N) is 1. The maximum absolute atomic E-state index is 13.9. The summed E-state index contributed by atoms with van der Waals surface area (Å²) in [5.74, 6) is 0.684. The summed E-state index contributed by atoms with van der Waals surface area (Å²) in [5.41, 5.74) is 5.44. The zero-order valence-corrected chi connectivity index (χ0v) is 17.1. The Labute approximate surface area is 171 Å². The van der Waals surface area contributed by atoms with Crippen molar-refractivity contribution in [3.05, 3.63) is 24.1 Å². The van der Waals surface area contributed by atoms with E-state index in [1.54, 1.807) is 19.3 Å². The Hall–Kier alpha value is -2.42. The van der Waals surface area contributed by atoms with Gasteiger partial charge in [-0.3, -0.25) is 9.79 Å². The maximum atomic E-state index is 13.9. The third-order valence-electron chi connectivity index (χ3n) is 5.64. The highest BCUT2D eigenvalue weighted by Crippen LogP contribution is 2.20. The number of guanidine groups is 1. The van der Waals surface area contributed by atoms with Crippen LogP contribution in [-0.4, -0.2) is 74.1 Å². The maximum Gasteiger partial charge on any atom is 0.221 e. The van der Waals surface area contributed by atoms with E-state index in [1.807, 2.05) is 4.90 Å². The van der Waals surface area contributed by atoms with Gasteiger partial charge in [0, 0.05) is 45.5 Å². The number of piperidine rings is 1. The van der Waals surface area contributed by atoms with Crippen molar-refractivity contribution in [2.75, 3.05) is 51.2 Å². The fourth-order valence-electron chi connectivity index (χ4n) is 4.07. The van der Waals surface area contributed by atoms with Crippen molar-refractivity contribution in [3.8, 4) is 0 Å². The van der Waals surface area contributed by atoms with Gasteiger partial charge < -0.3 is 26.2 Å². The zero-order chi connectivity index (χ0) is 20.6. The molecule has 4 N–H and O–H groups in total. The van der Waals surface area contributed by atoms with Gasteiger partial charge in [0.2, 0.25) is 5.91 Å². The molecule has 1 aromatic heterocycles. The van der Waals surface area contributed by atoms with Crippen molar-refractivity contribution in [2.45, 2.75) is 31.7 Å². The lowest BCUT2D eigenvalue weighted by Gasteiger charge is -2.31. The SMILES string of the molecule is CN=C(NCCCN1CCCC(C(N)=O)C1)NC1CCN(c2ncccc2F)C1. The highest BCUT2D eigenvalue weighted by atomic mass is 19.1. The summed E-state index contributed by atoms with van der Waals surface area (Å²) in [5, 5.41) is 6.77. The molecule has 0 spiro atoms. The largest absolute Gasteiger partial charge is 0.369 e. The number of carbonyl (C=O) groups is 1. The molecule has 8 nitrogen and oxygen atoms in total. The topological polar surface area (TPSA) is 98.9 Å². The fourth-order valence-corrected chi connectivity index (χ4v) is 4.07. The van der Waals surface area contributed by atoms with Gasteiger partial charge >= 0.3 is 0 Å². The minimum atomic E-state index is -0.285. The van der Waals surface area contributed by atoms with E-state index in [4.69, 9.17) is 5.73 Å². The van der Waals surface area contributed by atoms with E-state index in [0.717, 1.165) is 64.4 Å². The van der Waals surface area contributed by atoms with Crippen molar-refractivity contribution in [1.29, 1.82) is 0 Å².